The highest BCUT2D eigenvalue weighted by Gasteiger charge is 2.26. The summed E-state index contributed by atoms with van der Waals surface area (Å²) in [5.74, 6) is -0.0219. The first-order chi connectivity index (χ1) is 13.7. The molecule has 2 aromatic rings. The molecule has 0 spiro atoms. The van der Waals surface area contributed by atoms with Crippen LogP contribution in [-0.4, -0.2) is 32.3 Å². The van der Waals surface area contributed by atoms with Gasteiger partial charge in [0, 0.05) is 24.3 Å². The Balaban J connectivity index is 1.76. The van der Waals surface area contributed by atoms with Gasteiger partial charge in [-0.1, -0.05) is 19.1 Å². The first-order valence-electron chi connectivity index (χ1n) is 9.83. The largest absolute Gasteiger partial charge is 0.339 e. The minimum Gasteiger partial charge on any atom is -0.339 e. The van der Waals surface area contributed by atoms with E-state index in [1.165, 1.54) is 18.2 Å². The van der Waals surface area contributed by atoms with Gasteiger partial charge in [0.1, 0.15) is 5.82 Å². The Hall–Kier alpha value is -2.41. The number of hydrogen-bond acceptors (Lipinski definition) is 3. The van der Waals surface area contributed by atoms with E-state index in [9.17, 15) is 17.6 Å². The molecule has 1 aliphatic rings. The number of nitrogens with one attached hydrogen (secondary N) is 1. The van der Waals surface area contributed by atoms with Crippen LogP contribution in [0.5, 0.6) is 0 Å². The van der Waals surface area contributed by atoms with Gasteiger partial charge in [0.25, 0.3) is 15.9 Å². The molecule has 29 heavy (non-hydrogen) atoms. The number of rotatable bonds is 5. The Labute approximate surface area is 172 Å². The Morgan fingerprint density at radius 3 is 2.45 bits per heavy atom. The highest BCUT2D eigenvalue weighted by atomic mass is 32.2. The molecular formula is C22H27FN2O3S. The van der Waals surface area contributed by atoms with E-state index in [4.69, 9.17) is 0 Å². The first-order valence-corrected chi connectivity index (χ1v) is 11.3. The van der Waals surface area contributed by atoms with Gasteiger partial charge in [0.15, 0.2) is 0 Å². The summed E-state index contributed by atoms with van der Waals surface area (Å²) in [5, 5.41) is 0. The summed E-state index contributed by atoms with van der Waals surface area (Å²) in [5.41, 5.74) is 1.06. The molecule has 1 N–H and O–H groups in total. The maximum atomic E-state index is 13.8. The van der Waals surface area contributed by atoms with Gasteiger partial charge in [-0.05, 0) is 74.4 Å². The average Bonchev–Trinajstić information content (AvgIpc) is 2.69. The lowest BCUT2D eigenvalue weighted by molar-refractivity contribution is 0.0679. The van der Waals surface area contributed by atoms with E-state index in [0.717, 1.165) is 31.7 Å². The average molecular weight is 419 g/mol. The topological polar surface area (TPSA) is 66.5 Å². The van der Waals surface area contributed by atoms with Gasteiger partial charge in [-0.15, -0.1) is 0 Å². The number of benzene rings is 2. The highest BCUT2D eigenvalue weighted by Crippen LogP contribution is 2.27. The van der Waals surface area contributed by atoms with Crippen LogP contribution in [0.3, 0.4) is 0 Å². The molecular weight excluding hydrogens is 391 g/mol. The van der Waals surface area contributed by atoms with Crippen LogP contribution in [0.1, 0.15) is 48.5 Å². The molecule has 0 heterocycles. The summed E-state index contributed by atoms with van der Waals surface area (Å²) >= 11 is 0. The third-order valence-corrected chi connectivity index (χ3v) is 7.05. The van der Waals surface area contributed by atoms with Gasteiger partial charge >= 0.3 is 0 Å². The third-order valence-electron chi connectivity index (χ3n) is 5.67. The third kappa shape index (κ3) is 4.96. The van der Waals surface area contributed by atoms with Crippen LogP contribution in [-0.2, 0) is 10.0 Å². The molecule has 1 aliphatic carbocycles. The van der Waals surface area contributed by atoms with E-state index >= 15 is 0 Å². The van der Waals surface area contributed by atoms with Crippen molar-refractivity contribution in [2.45, 2.75) is 50.5 Å². The summed E-state index contributed by atoms with van der Waals surface area (Å²) in [6.45, 7) is 3.80. The van der Waals surface area contributed by atoms with Gasteiger partial charge in [0.05, 0.1) is 4.90 Å². The number of amides is 1. The molecule has 0 atom stereocenters. The Bertz CT molecular complexity index is 999. The Morgan fingerprint density at radius 2 is 1.79 bits per heavy atom. The van der Waals surface area contributed by atoms with Crippen molar-refractivity contribution in [3.63, 3.8) is 0 Å². The zero-order chi connectivity index (χ0) is 21.2. The molecule has 0 aromatic heterocycles. The van der Waals surface area contributed by atoms with Crippen molar-refractivity contribution < 1.29 is 17.6 Å². The van der Waals surface area contributed by atoms with Gasteiger partial charge in [0.2, 0.25) is 0 Å². The van der Waals surface area contributed by atoms with E-state index in [-0.39, 0.29) is 22.5 Å². The molecule has 156 valence electrons. The predicted octanol–water partition coefficient (Wildman–Crippen LogP) is 4.59. The Morgan fingerprint density at radius 1 is 1.10 bits per heavy atom. The molecule has 1 amide bonds. The van der Waals surface area contributed by atoms with Gasteiger partial charge < -0.3 is 4.90 Å². The second-order valence-electron chi connectivity index (χ2n) is 7.93. The number of anilines is 1. The zero-order valence-electron chi connectivity index (χ0n) is 17.0. The van der Waals surface area contributed by atoms with Crippen LogP contribution in [0.4, 0.5) is 10.1 Å². The first kappa shape index (κ1) is 21.3. The summed E-state index contributed by atoms with van der Waals surface area (Å²) in [4.78, 5) is 14.5. The number of halogens is 1. The van der Waals surface area contributed by atoms with Crippen LogP contribution in [0.25, 0.3) is 0 Å². The van der Waals surface area contributed by atoms with Crippen LogP contribution in [0.15, 0.2) is 47.4 Å². The monoisotopic (exact) mass is 418 g/mol. The standard InChI is InChI=1S/C22H27FN2O3S/c1-15-7-10-19(11-8-15)25(3)22(26)17-5-4-6-18(13-17)24-29(27,28)20-12-9-16(2)21(23)14-20/h4-6,9,12-15,19,24H,7-8,10-11H2,1-3H3. The molecule has 0 saturated heterocycles. The van der Waals surface area contributed by atoms with Crippen molar-refractivity contribution in [2.24, 2.45) is 5.92 Å². The van der Waals surface area contributed by atoms with E-state index in [1.54, 1.807) is 37.1 Å². The molecule has 0 unspecified atom stereocenters. The Kier molecular flexibility index (Phi) is 6.27. The number of nitrogens with zero attached hydrogens (tertiary/aromatic N) is 1. The van der Waals surface area contributed by atoms with Gasteiger partial charge in [-0.2, -0.15) is 0 Å². The molecule has 0 bridgehead atoms. The minimum atomic E-state index is -3.96. The summed E-state index contributed by atoms with van der Waals surface area (Å²) in [7, 11) is -2.16. The number of aryl methyl sites for hydroxylation is 1. The van der Waals surface area contributed by atoms with Gasteiger partial charge in [-0.3, -0.25) is 9.52 Å². The fourth-order valence-electron chi connectivity index (χ4n) is 3.67. The molecule has 5 nitrogen and oxygen atoms in total. The van der Waals surface area contributed by atoms with Crippen molar-refractivity contribution in [1.29, 1.82) is 0 Å². The van der Waals surface area contributed by atoms with Crippen LogP contribution in [0, 0.1) is 18.7 Å². The fourth-order valence-corrected chi connectivity index (χ4v) is 4.73. The second kappa shape index (κ2) is 8.53. The summed E-state index contributed by atoms with van der Waals surface area (Å²) in [6.07, 6.45) is 4.17. The number of hydrogen-bond donors (Lipinski definition) is 1. The minimum absolute atomic E-state index is 0.132. The van der Waals surface area contributed by atoms with Gasteiger partial charge in [-0.25, -0.2) is 12.8 Å². The van der Waals surface area contributed by atoms with Crippen LogP contribution in [0.2, 0.25) is 0 Å². The SMILES string of the molecule is Cc1ccc(S(=O)(=O)Nc2cccc(C(=O)N(C)C3CCC(C)CC3)c2)cc1F. The molecule has 0 aliphatic heterocycles. The molecule has 7 heteroatoms. The zero-order valence-corrected chi connectivity index (χ0v) is 17.8. The molecule has 0 radical (unpaired) electrons. The lowest BCUT2D eigenvalue weighted by atomic mass is 9.86. The maximum absolute atomic E-state index is 13.8. The molecule has 2 aromatic carbocycles. The van der Waals surface area contributed by atoms with E-state index in [2.05, 4.69) is 11.6 Å². The van der Waals surface area contributed by atoms with Crippen molar-refractivity contribution in [3.05, 3.63) is 59.4 Å². The normalized spacial score (nSPS) is 19.6. The van der Waals surface area contributed by atoms with Crippen molar-refractivity contribution in [3.8, 4) is 0 Å². The van der Waals surface area contributed by atoms with E-state index in [0.29, 0.717) is 17.0 Å². The predicted molar refractivity (Wildman–Crippen MR) is 112 cm³/mol. The second-order valence-corrected chi connectivity index (χ2v) is 9.61. The summed E-state index contributed by atoms with van der Waals surface area (Å²) < 4.78 is 41.4. The number of sulfonamides is 1. The molecule has 1 saturated carbocycles. The quantitative estimate of drug-likeness (QED) is 0.773. The molecule has 1 fully saturated rings. The summed E-state index contributed by atoms with van der Waals surface area (Å²) in [6, 6.07) is 10.4. The van der Waals surface area contributed by atoms with E-state index in [1.807, 2.05) is 0 Å². The van der Waals surface area contributed by atoms with Crippen molar-refractivity contribution >= 4 is 21.6 Å². The number of carbonyl (C=O) groups is 1. The maximum Gasteiger partial charge on any atom is 0.261 e. The lowest BCUT2D eigenvalue weighted by Gasteiger charge is -2.33. The van der Waals surface area contributed by atoms with Crippen molar-refractivity contribution in [2.75, 3.05) is 11.8 Å². The fraction of sp³-hybridized carbons (Fsp3) is 0.409. The van der Waals surface area contributed by atoms with E-state index < -0.39 is 15.8 Å². The highest BCUT2D eigenvalue weighted by molar-refractivity contribution is 7.92. The molecule has 3 rings (SSSR count). The smallest absolute Gasteiger partial charge is 0.261 e. The van der Waals surface area contributed by atoms with Crippen molar-refractivity contribution in [1.82, 2.24) is 4.90 Å². The number of carbonyl (C=O) groups excluding carboxylic acids is 1. The van der Waals surface area contributed by atoms with Crippen LogP contribution < -0.4 is 4.72 Å². The lowest BCUT2D eigenvalue weighted by Crippen LogP contribution is -2.39. The van der Waals surface area contributed by atoms with Crippen LogP contribution >= 0.6 is 0 Å².